The molecule has 0 aliphatic carbocycles. The van der Waals surface area contributed by atoms with E-state index in [0.717, 1.165) is 5.56 Å². The van der Waals surface area contributed by atoms with Gasteiger partial charge in [-0.2, -0.15) is 0 Å². The van der Waals surface area contributed by atoms with Gasteiger partial charge >= 0.3 is 0 Å². The van der Waals surface area contributed by atoms with Crippen LogP contribution in [0, 0.1) is 5.82 Å². The van der Waals surface area contributed by atoms with Crippen molar-refractivity contribution >= 4 is 0 Å². The Hall–Kier alpha value is -1.01. The summed E-state index contributed by atoms with van der Waals surface area (Å²) in [6, 6.07) is 6.51. The minimum Gasteiger partial charge on any atom is -0.356 e. The molecule has 1 unspecified atom stereocenters. The van der Waals surface area contributed by atoms with Gasteiger partial charge in [0.15, 0.2) is 6.29 Å². The Morgan fingerprint density at radius 2 is 1.80 bits per heavy atom. The van der Waals surface area contributed by atoms with E-state index in [4.69, 9.17) is 15.2 Å². The predicted molar refractivity (Wildman–Crippen MR) is 77.7 cm³/mol. The van der Waals surface area contributed by atoms with Gasteiger partial charge in [-0.05, 0) is 31.7 Å². The van der Waals surface area contributed by atoms with E-state index in [1.165, 1.54) is 12.1 Å². The van der Waals surface area contributed by atoms with Crippen LogP contribution in [0.15, 0.2) is 24.3 Å². The first kappa shape index (κ1) is 17.0. The van der Waals surface area contributed by atoms with Crippen LogP contribution in [0.4, 0.5) is 4.39 Å². The first-order chi connectivity index (χ1) is 9.45. The number of hydrogen-bond acceptors (Lipinski definition) is 4. The second-order valence-electron chi connectivity index (χ2n) is 5.29. The lowest BCUT2D eigenvalue weighted by molar-refractivity contribution is -0.127. The van der Waals surface area contributed by atoms with Crippen molar-refractivity contribution in [1.82, 2.24) is 4.90 Å². The van der Waals surface area contributed by atoms with Crippen LogP contribution in [-0.2, 0) is 16.0 Å². The lowest BCUT2D eigenvalue weighted by Gasteiger charge is -2.39. The van der Waals surface area contributed by atoms with E-state index >= 15 is 0 Å². The van der Waals surface area contributed by atoms with Gasteiger partial charge in [-0.25, -0.2) is 4.39 Å². The van der Waals surface area contributed by atoms with Gasteiger partial charge < -0.3 is 15.2 Å². The van der Waals surface area contributed by atoms with Crippen molar-refractivity contribution in [2.24, 2.45) is 5.73 Å². The Morgan fingerprint density at radius 3 is 2.25 bits per heavy atom. The van der Waals surface area contributed by atoms with Crippen molar-refractivity contribution < 1.29 is 13.9 Å². The molecule has 0 amide bonds. The van der Waals surface area contributed by atoms with Crippen molar-refractivity contribution in [2.75, 3.05) is 27.8 Å². The summed E-state index contributed by atoms with van der Waals surface area (Å²) in [6.07, 6.45) is 0.369. The molecule has 20 heavy (non-hydrogen) atoms. The summed E-state index contributed by atoms with van der Waals surface area (Å²) in [7, 11) is 5.23. The van der Waals surface area contributed by atoms with Gasteiger partial charge in [0.05, 0.1) is 0 Å². The Labute approximate surface area is 120 Å². The van der Waals surface area contributed by atoms with Gasteiger partial charge in [-0.1, -0.05) is 12.1 Å². The fourth-order valence-corrected chi connectivity index (χ4v) is 2.07. The van der Waals surface area contributed by atoms with Crippen LogP contribution in [-0.4, -0.2) is 44.5 Å². The largest absolute Gasteiger partial charge is 0.356 e. The summed E-state index contributed by atoms with van der Waals surface area (Å²) >= 11 is 0. The molecule has 0 heterocycles. The monoisotopic (exact) mass is 284 g/mol. The zero-order valence-electron chi connectivity index (χ0n) is 12.7. The fraction of sp³-hybridized carbons (Fsp3) is 0.600. The Bertz CT molecular complexity index is 395. The maximum absolute atomic E-state index is 12.9. The van der Waals surface area contributed by atoms with Crippen LogP contribution in [0.3, 0.4) is 0 Å². The summed E-state index contributed by atoms with van der Waals surface area (Å²) in [5.74, 6) is -0.225. The van der Waals surface area contributed by atoms with Crippen LogP contribution >= 0.6 is 0 Å². The third-order valence-electron chi connectivity index (χ3n) is 3.83. The number of hydrogen-bond donors (Lipinski definition) is 1. The number of likely N-dealkylation sites (N-methyl/N-ethyl adjacent to an activating group) is 1. The van der Waals surface area contributed by atoms with Gasteiger partial charge in [0.1, 0.15) is 5.82 Å². The number of rotatable bonds is 8. The van der Waals surface area contributed by atoms with E-state index in [2.05, 4.69) is 11.8 Å². The van der Waals surface area contributed by atoms with Gasteiger partial charge in [0.2, 0.25) is 0 Å². The molecule has 0 saturated heterocycles. The fourth-order valence-electron chi connectivity index (χ4n) is 2.07. The summed E-state index contributed by atoms with van der Waals surface area (Å²) in [6.45, 7) is 3.24. The van der Waals surface area contributed by atoms with E-state index in [-0.39, 0.29) is 17.6 Å². The van der Waals surface area contributed by atoms with Gasteiger partial charge in [0, 0.05) is 39.3 Å². The van der Waals surface area contributed by atoms with Crippen LogP contribution < -0.4 is 5.73 Å². The third kappa shape index (κ3) is 4.52. The molecule has 0 aliphatic rings. The quantitative estimate of drug-likeness (QED) is 0.742. The maximum Gasteiger partial charge on any atom is 0.158 e. The highest BCUT2D eigenvalue weighted by Crippen LogP contribution is 2.22. The molecule has 0 aromatic heterocycles. The molecule has 1 atom stereocenters. The second-order valence-corrected chi connectivity index (χ2v) is 5.29. The van der Waals surface area contributed by atoms with Gasteiger partial charge in [-0.15, -0.1) is 0 Å². The third-order valence-corrected chi connectivity index (χ3v) is 3.83. The molecule has 5 heteroatoms. The van der Waals surface area contributed by atoms with Crippen LogP contribution in [0.25, 0.3) is 0 Å². The van der Waals surface area contributed by atoms with Crippen molar-refractivity contribution in [3.8, 4) is 0 Å². The number of nitrogens with zero attached hydrogens (tertiary/aromatic N) is 1. The molecule has 0 spiro atoms. The van der Waals surface area contributed by atoms with Gasteiger partial charge in [-0.3, -0.25) is 4.90 Å². The zero-order valence-corrected chi connectivity index (χ0v) is 12.7. The standard InChI is InChI=1S/C15H25FN2O2/c1-15(11-17,9-14(19-3)20-4)18(2)10-12-5-7-13(16)8-6-12/h5-8,14H,9-11,17H2,1-4H3. The average molecular weight is 284 g/mol. The van der Waals surface area contributed by atoms with Crippen LogP contribution in [0.5, 0.6) is 0 Å². The first-order valence-corrected chi connectivity index (χ1v) is 6.66. The molecule has 0 radical (unpaired) electrons. The lowest BCUT2D eigenvalue weighted by Crippen LogP contribution is -2.51. The number of halogens is 1. The molecule has 2 N–H and O–H groups in total. The average Bonchev–Trinajstić information content (AvgIpc) is 2.46. The topological polar surface area (TPSA) is 47.7 Å². The maximum atomic E-state index is 12.9. The first-order valence-electron chi connectivity index (χ1n) is 6.66. The summed E-state index contributed by atoms with van der Waals surface area (Å²) in [5, 5.41) is 0. The van der Waals surface area contributed by atoms with E-state index < -0.39 is 0 Å². The number of methoxy groups -OCH3 is 2. The number of benzene rings is 1. The molecular formula is C15H25FN2O2. The van der Waals surface area contributed by atoms with E-state index in [1.54, 1.807) is 26.4 Å². The zero-order chi connectivity index (χ0) is 15.2. The van der Waals surface area contributed by atoms with Crippen LogP contribution in [0.1, 0.15) is 18.9 Å². The predicted octanol–water partition coefficient (Wildman–Crippen LogP) is 1.98. The lowest BCUT2D eigenvalue weighted by atomic mass is 9.94. The van der Waals surface area contributed by atoms with E-state index in [9.17, 15) is 4.39 Å². The summed E-state index contributed by atoms with van der Waals surface area (Å²) in [5.41, 5.74) is 6.71. The highest BCUT2D eigenvalue weighted by Gasteiger charge is 2.31. The normalized spacial score (nSPS) is 14.8. The molecule has 0 bridgehead atoms. The SMILES string of the molecule is COC(CC(C)(CN)N(C)Cc1ccc(F)cc1)OC. The minimum atomic E-state index is -0.292. The van der Waals surface area contributed by atoms with E-state index in [1.807, 2.05) is 7.05 Å². The summed E-state index contributed by atoms with van der Waals surface area (Å²) < 4.78 is 23.4. The number of ether oxygens (including phenoxy) is 2. The molecule has 1 aromatic rings. The Balaban J connectivity index is 2.74. The van der Waals surface area contributed by atoms with Crippen molar-refractivity contribution in [1.29, 1.82) is 0 Å². The molecular weight excluding hydrogens is 259 g/mol. The number of nitrogens with two attached hydrogens (primary N) is 1. The van der Waals surface area contributed by atoms with Crippen molar-refractivity contribution in [3.05, 3.63) is 35.6 Å². The molecule has 114 valence electrons. The smallest absolute Gasteiger partial charge is 0.158 e. The van der Waals surface area contributed by atoms with Crippen molar-refractivity contribution in [3.63, 3.8) is 0 Å². The molecule has 0 fully saturated rings. The van der Waals surface area contributed by atoms with Crippen LogP contribution in [0.2, 0.25) is 0 Å². The molecule has 1 aromatic carbocycles. The van der Waals surface area contributed by atoms with E-state index in [0.29, 0.717) is 19.5 Å². The Morgan fingerprint density at radius 1 is 1.25 bits per heavy atom. The highest BCUT2D eigenvalue weighted by molar-refractivity contribution is 5.16. The Kier molecular flexibility index (Phi) is 6.55. The summed E-state index contributed by atoms with van der Waals surface area (Å²) in [4.78, 5) is 2.14. The molecule has 1 rings (SSSR count). The van der Waals surface area contributed by atoms with Gasteiger partial charge in [0.25, 0.3) is 0 Å². The molecule has 0 saturated carbocycles. The van der Waals surface area contributed by atoms with Crippen molar-refractivity contribution in [2.45, 2.75) is 31.7 Å². The molecule has 4 nitrogen and oxygen atoms in total. The molecule has 0 aliphatic heterocycles. The second kappa shape index (κ2) is 7.69. The minimum absolute atomic E-state index is 0.225. The highest BCUT2D eigenvalue weighted by atomic mass is 19.1.